The average Bonchev–Trinajstić information content (AvgIpc) is 2.39. The molecule has 1 aliphatic rings. The van der Waals surface area contributed by atoms with Crippen molar-refractivity contribution in [1.29, 1.82) is 0 Å². The summed E-state index contributed by atoms with van der Waals surface area (Å²) in [4.78, 5) is 2.41. The molecule has 0 saturated carbocycles. The van der Waals surface area contributed by atoms with Crippen LogP contribution in [0.5, 0.6) is 0 Å². The number of nitrogens with zero attached hydrogens (tertiary/aromatic N) is 1. The summed E-state index contributed by atoms with van der Waals surface area (Å²) in [6.45, 7) is 2.82. The molecular weight excluding hydrogens is 300 g/mol. The average molecular weight is 319 g/mol. The topological polar surface area (TPSA) is 58.6 Å². The van der Waals surface area contributed by atoms with Gasteiger partial charge >= 0.3 is 0 Å². The van der Waals surface area contributed by atoms with Crippen LogP contribution >= 0.6 is 11.6 Å². The van der Waals surface area contributed by atoms with Gasteiger partial charge in [0, 0.05) is 24.7 Å². The first-order chi connectivity index (χ1) is 9.47. The van der Waals surface area contributed by atoms with Crippen molar-refractivity contribution in [1.82, 2.24) is 9.62 Å². The van der Waals surface area contributed by atoms with E-state index < -0.39 is 10.0 Å². The third kappa shape index (κ3) is 4.43. The van der Waals surface area contributed by atoms with Crippen LogP contribution in [0.4, 0.5) is 0 Å². The fourth-order valence-corrected chi connectivity index (χ4v) is 3.27. The third-order valence-corrected chi connectivity index (χ3v) is 4.95. The predicted molar refractivity (Wildman–Crippen MR) is 78.5 cm³/mol. The van der Waals surface area contributed by atoms with Crippen LogP contribution in [0.1, 0.15) is 6.42 Å². The molecule has 7 heteroatoms. The maximum atomic E-state index is 12.0. The summed E-state index contributed by atoms with van der Waals surface area (Å²) in [6.07, 6.45) is 0.749. The van der Waals surface area contributed by atoms with Crippen LogP contribution in [0.2, 0.25) is 5.02 Å². The third-order valence-electron chi connectivity index (χ3n) is 3.22. The number of halogens is 1. The van der Waals surface area contributed by atoms with Gasteiger partial charge in [0.1, 0.15) is 0 Å². The largest absolute Gasteiger partial charge is 0.376 e. The van der Waals surface area contributed by atoms with E-state index >= 15 is 0 Å². The van der Waals surface area contributed by atoms with Crippen molar-refractivity contribution in [3.8, 4) is 0 Å². The standard InChI is InChI=1S/C13H19ClN2O3S/c1-16-8-9-19-12(10-16)6-7-15-20(17,18)13-4-2-11(14)3-5-13/h2-5,12,15H,6-10H2,1H3. The molecule has 1 aromatic rings. The van der Waals surface area contributed by atoms with Crippen molar-refractivity contribution in [2.45, 2.75) is 17.4 Å². The van der Waals surface area contributed by atoms with Gasteiger partial charge in [0.25, 0.3) is 0 Å². The van der Waals surface area contributed by atoms with Crippen molar-refractivity contribution in [3.05, 3.63) is 29.3 Å². The summed E-state index contributed by atoms with van der Waals surface area (Å²) in [5, 5.41) is 0.516. The molecule has 112 valence electrons. The number of nitrogens with one attached hydrogen (secondary N) is 1. The van der Waals surface area contributed by atoms with E-state index in [9.17, 15) is 8.42 Å². The number of morpholine rings is 1. The highest BCUT2D eigenvalue weighted by Crippen LogP contribution is 2.14. The molecule has 1 fully saturated rings. The first-order valence-electron chi connectivity index (χ1n) is 6.53. The molecule has 1 aliphatic heterocycles. The van der Waals surface area contributed by atoms with E-state index in [0.29, 0.717) is 24.6 Å². The summed E-state index contributed by atoms with van der Waals surface area (Å²) >= 11 is 5.74. The number of rotatable bonds is 5. The van der Waals surface area contributed by atoms with Crippen LogP contribution in [0.15, 0.2) is 29.2 Å². The highest BCUT2D eigenvalue weighted by molar-refractivity contribution is 7.89. The van der Waals surface area contributed by atoms with E-state index in [1.165, 1.54) is 12.1 Å². The molecule has 1 N–H and O–H groups in total. The van der Waals surface area contributed by atoms with Crippen LogP contribution in [0.3, 0.4) is 0 Å². The molecule has 1 aromatic carbocycles. The lowest BCUT2D eigenvalue weighted by atomic mass is 10.2. The number of hydrogen-bond donors (Lipinski definition) is 1. The predicted octanol–water partition coefficient (Wildman–Crippen LogP) is 1.34. The van der Waals surface area contributed by atoms with Crippen LogP contribution < -0.4 is 4.72 Å². The summed E-state index contributed by atoms with van der Waals surface area (Å²) in [5.41, 5.74) is 0. The summed E-state index contributed by atoms with van der Waals surface area (Å²) in [7, 11) is -1.43. The lowest BCUT2D eigenvalue weighted by Crippen LogP contribution is -2.41. The maximum Gasteiger partial charge on any atom is 0.240 e. The molecule has 2 rings (SSSR count). The zero-order valence-corrected chi connectivity index (χ0v) is 13.0. The Bertz CT molecular complexity index is 533. The van der Waals surface area contributed by atoms with Crippen molar-refractivity contribution in [2.75, 3.05) is 33.3 Å². The Kier molecular flexibility index (Phi) is 5.40. The Balaban J connectivity index is 1.85. The Hall–Kier alpha value is -0.660. The fourth-order valence-electron chi connectivity index (χ4n) is 2.09. The van der Waals surface area contributed by atoms with E-state index in [4.69, 9.17) is 16.3 Å². The minimum Gasteiger partial charge on any atom is -0.376 e. The second-order valence-corrected chi connectivity index (χ2v) is 7.10. The molecule has 0 bridgehead atoms. The van der Waals surface area contributed by atoms with Gasteiger partial charge in [-0.1, -0.05) is 11.6 Å². The summed E-state index contributed by atoms with van der Waals surface area (Å²) in [6, 6.07) is 6.12. The zero-order valence-electron chi connectivity index (χ0n) is 11.4. The van der Waals surface area contributed by atoms with Gasteiger partial charge in [0.2, 0.25) is 10.0 Å². The molecular formula is C13H19ClN2O3S. The molecule has 0 aliphatic carbocycles. The van der Waals surface area contributed by atoms with Crippen molar-refractivity contribution in [2.24, 2.45) is 0 Å². The highest BCUT2D eigenvalue weighted by Gasteiger charge is 2.19. The molecule has 1 heterocycles. The molecule has 1 saturated heterocycles. The normalized spacial score (nSPS) is 21.0. The van der Waals surface area contributed by atoms with E-state index in [1.807, 2.05) is 7.05 Å². The number of sulfonamides is 1. The number of hydrogen-bond acceptors (Lipinski definition) is 4. The van der Waals surface area contributed by atoms with Gasteiger partial charge in [0.05, 0.1) is 17.6 Å². The fraction of sp³-hybridized carbons (Fsp3) is 0.538. The molecule has 0 spiro atoms. The molecule has 0 amide bonds. The maximum absolute atomic E-state index is 12.0. The van der Waals surface area contributed by atoms with E-state index in [0.717, 1.165) is 13.1 Å². The SMILES string of the molecule is CN1CCOC(CCNS(=O)(=O)c2ccc(Cl)cc2)C1. The molecule has 0 radical (unpaired) electrons. The van der Waals surface area contributed by atoms with E-state index in [-0.39, 0.29) is 11.0 Å². The van der Waals surface area contributed by atoms with Crippen molar-refractivity contribution < 1.29 is 13.2 Å². The van der Waals surface area contributed by atoms with E-state index in [1.54, 1.807) is 12.1 Å². The van der Waals surface area contributed by atoms with Gasteiger partial charge in [-0.05, 0) is 37.7 Å². The number of ether oxygens (including phenoxy) is 1. The lowest BCUT2D eigenvalue weighted by Gasteiger charge is -2.30. The Morgan fingerprint density at radius 1 is 1.40 bits per heavy atom. The first kappa shape index (κ1) is 15.7. The second kappa shape index (κ2) is 6.87. The quantitative estimate of drug-likeness (QED) is 0.890. The van der Waals surface area contributed by atoms with Gasteiger partial charge in [-0.2, -0.15) is 0 Å². The summed E-state index contributed by atoms with van der Waals surface area (Å²) in [5.74, 6) is 0. The molecule has 1 unspecified atom stereocenters. The minimum atomic E-state index is -3.47. The minimum absolute atomic E-state index is 0.0849. The molecule has 0 aromatic heterocycles. The van der Waals surface area contributed by atoms with Gasteiger partial charge in [-0.25, -0.2) is 13.1 Å². The van der Waals surface area contributed by atoms with Gasteiger partial charge in [-0.3, -0.25) is 0 Å². The Labute approximate surface area is 124 Å². The van der Waals surface area contributed by atoms with E-state index in [2.05, 4.69) is 9.62 Å². The van der Waals surface area contributed by atoms with Crippen molar-refractivity contribution in [3.63, 3.8) is 0 Å². The Morgan fingerprint density at radius 3 is 2.75 bits per heavy atom. The molecule has 1 atom stereocenters. The van der Waals surface area contributed by atoms with Gasteiger partial charge in [0.15, 0.2) is 0 Å². The van der Waals surface area contributed by atoms with Crippen LogP contribution in [0, 0.1) is 0 Å². The molecule has 20 heavy (non-hydrogen) atoms. The van der Waals surface area contributed by atoms with Gasteiger partial charge in [-0.15, -0.1) is 0 Å². The Morgan fingerprint density at radius 2 is 2.10 bits per heavy atom. The van der Waals surface area contributed by atoms with Gasteiger partial charge < -0.3 is 9.64 Å². The highest BCUT2D eigenvalue weighted by atomic mass is 35.5. The number of likely N-dealkylation sites (N-methyl/N-ethyl adjacent to an activating group) is 1. The number of benzene rings is 1. The first-order valence-corrected chi connectivity index (χ1v) is 8.39. The molecule has 5 nitrogen and oxygen atoms in total. The summed E-state index contributed by atoms with van der Waals surface area (Å²) < 4.78 is 32.3. The zero-order chi connectivity index (χ0) is 14.6. The van der Waals surface area contributed by atoms with Crippen LogP contribution in [0.25, 0.3) is 0 Å². The second-order valence-electron chi connectivity index (χ2n) is 4.90. The van der Waals surface area contributed by atoms with Crippen molar-refractivity contribution >= 4 is 21.6 Å². The lowest BCUT2D eigenvalue weighted by molar-refractivity contribution is -0.0222. The smallest absolute Gasteiger partial charge is 0.240 e. The van der Waals surface area contributed by atoms with Crippen LogP contribution in [-0.2, 0) is 14.8 Å². The monoisotopic (exact) mass is 318 g/mol. The van der Waals surface area contributed by atoms with Crippen LogP contribution in [-0.4, -0.2) is 52.7 Å².